The molecule has 0 fully saturated rings. The summed E-state index contributed by atoms with van der Waals surface area (Å²) in [6.07, 6.45) is 0.858. The molecule has 1 N–H and O–H groups in total. The molecule has 0 amide bonds. The van der Waals surface area contributed by atoms with Gasteiger partial charge in [-0.05, 0) is 55.3 Å². The molecular formula is C18H22FNS. The van der Waals surface area contributed by atoms with E-state index < -0.39 is 0 Å². The van der Waals surface area contributed by atoms with Gasteiger partial charge in [-0.1, -0.05) is 31.2 Å². The lowest BCUT2D eigenvalue weighted by Gasteiger charge is -2.19. The molecule has 3 heteroatoms. The molecule has 0 heterocycles. The van der Waals surface area contributed by atoms with Crippen LogP contribution in [0, 0.1) is 12.7 Å². The van der Waals surface area contributed by atoms with Gasteiger partial charge in [-0.15, -0.1) is 11.8 Å². The molecule has 0 saturated heterocycles. The highest BCUT2D eigenvalue weighted by atomic mass is 32.2. The van der Waals surface area contributed by atoms with Crippen molar-refractivity contribution in [1.29, 1.82) is 0 Å². The molecule has 0 aliphatic carbocycles. The van der Waals surface area contributed by atoms with Crippen LogP contribution in [-0.4, -0.2) is 18.3 Å². The van der Waals surface area contributed by atoms with E-state index in [1.807, 2.05) is 30.8 Å². The number of thioether (sulfide) groups is 1. The van der Waals surface area contributed by atoms with Gasteiger partial charge in [-0.25, -0.2) is 4.39 Å². The van der Waals surface area contributed by atoms with Gasteiger partial charge in [0.15, 0.2) is 0 Å². The molecule has 21 heavy (non-hydrogen) atoms. The minimum absolute atomic E-state index is 0.151. The Bertz CT molecular complexity index is 556. The zero-order chi connectivity index (χ0) is 15.1. The molecule has 0 radical (unpaired) electrons. The fourth-order valence-electron chi connectivity index (χ4n) is 2.32. The van der Waals surface area contributed by atoms with E-state index in [0.29, 0.717) is 6.04 Å². The number of hydrogen-bond donors (Lipinski definition) is 1. The van der Waals surface area contributed by atoms with Gasteiger partial charge < -0.3 is 5.32 Å². The first-order valence-electron chi connectivity index (χ1n) is 7.35. The fourth-order valence-corrected chi connectivity index (χ4v) is 3.30. The van der Waals surface area contributed by atoms with E-state index in [2.05, 4.69) is 36.5 Å². The summed E-state index contributed by atoms with van der Waals surface area (Å²) in [5.74, 6) is 0.829. The zero-order valence-electron chi connectivity index (χ0n) is 12.6. The standard InChI is InChI=1S/C18H22FNS/c1-3-20-17(13-21-18-7-5-4-6-8-18)12-15-11-16(19)10-9-14(15)2/h4-11,17,20H,3,12-13H2,1-2H3. The molecule has 2 aromatic rings. The first kappa shape index (κ1) is 16.1. The van der Waals surface area contributed by atoms with Crippen molar-refractivity contribution in [3.05, 3.63) is 65.5 Å². The Kier molecular flexibility index (Phi) is 6.27. The molecule has 0 bridgehead atoms. The van der Waals surface area contributed by atoms with Gasteiger partial charge in [0, 0.05) is 16.7 Å². The minimum atomic E-state index is -0.151. The predicted molar refractivity (Wildman–Crippen MR) is 89.5 cm³/mol. The van der Waals surface area contributed by atoms with Crippen LogP contribution in [0.4, 0.5) is 4.39 Å². The summed E-state index contributed by atoms with van der Waals surface area (Å²) in [6, 6.07) is 15.8. The fraction of sp³-hybridized carbons (Fsp3) is 0.333. The van der Waals surface area contributed by atoms with E-state index >= 15 is 0 Å². The summed E-state index contributed by atoms with van der Waals surface area (Å²) in [6.45, 7) is 5.08. The number of benzene rings is 2. The Labute approximate surface area is 131 Å². The molecule has 0 aromatic heterocycles. The van der Waals surface area contributed by atoms with Crippen LogP contribution in [0.25, 0.3) is 0 Å². The molecule has 1 atom stereocenters. The number of hydrogen-bond acceptors (Lipinski definition) is 2. The summed E-state index contributed by atoms with van der Waals surface area (Å²) in [5, 5.41) is 3.50. The van der Waals surface area contributed by atoms with Crippen LogP contribution in [0.1, 0.15) is 18.1 Å². The van der Waals surface area contributed by atoms with Crippen LogP contribution in [0.15, 0.2) is 53.4 Å². The lowest BCUT2D eigenvalue weighted by molar-refractivity contribution is 0.567. The molecule has 0 aliphatic heterocycles. The van der Waals surface area contributed by atoms with Crippen LogP contribution in [0.3, 0.4) is 0 Å². The Morgan fingerprint density at radius 3 is 2.62 bits per heavy atom. The number of nitrogens with one attached hydrogen (secondary N) is 1. The van der Waals surface area contributed by atoms with Crippen LogP contribution in [0.2, 0.25) is 0 Å². The zero-order valence-corrected chi connectivity index (χ0v) is 13.4. The van der Waals surface area contributed by atoms with E-state index in [1.54, 1.807) is 6.07 Å². The van der Waals surface area contributed by atoms with Crippen molar-refractivity contribution in [3.8, 4) is 0 Å². The topological polar surface area (TPSA) is 12.0 Å². The van der Waals surface area contributed by atoms with Gasteiger partial charge in [0.2, 0.25) is 0 Å². The van der Waals surface area contributed by atoms with E-state index in [-0.39, 0.29) is 5.82 Å². The van der Waals surface area contributed by atoms with Gasteiger partial charge >= 0.3 is 0 Å². The van der Waals surface area contributed by atoms with E-state index in [1.165, 1.54) is 11.0 Å². The highest BCUT2D eigenvalue weighted by Crippen LogP contribution is 2.20. The molecule has 1 unspecified atom stereocenters. The first-order valence-corrected chi connectivity index (χ1v) is 8.34. The van der Waals surface area contributed by atoms with Crippen molar-refractivity contribution in [2.75, 3.05) is 12.3 Å². The molecule has 2 aromatic carbocycles. The van der Waals surface area contributed by atoms with Crippen molar-refractivity contribution in [3.63, 3.8) is 0 Å². The SMILES string of the molecule is CCNC(CSc1ccccc1)Cc1cc(F)ccc1C. The molecular weight excluding hydrogens is 281 g/mol. The normalized spacial score (nSPS) is 12.3. The summed E-state index contributed by atoms with van der Waals surface area (Å²) in [7, 11) is 0. The lowest BCUT2D eigenvalue weighted by Crippen LogP contribution is -2.33. The number of likely N-dealkylation sites (N-methyl/N-ethyl adjacent to an activating group) is 1. The molecule has 1 nitrogen and oxygen atoms in total. The highest BCUT2D eigenvalue weighted by molar-refractivity contribution is 7.99. The van der Waals surface area contributed by atoms with Gasteiger partial charge in [0.25, 0.3) is 0 Å². The molecule has 0 spiro atoms. The predicted octanol–water partition coefficient (Wildman–Crippen LogP) is 4.45. The average Bonchev–Trinajstić information content (AvgIpc) is 2.50. The molecule has 0 aliphatic rings. The maximum Gasteiger partial charge on any atom is 0.123 e. The number of rotatable bonds is 7. The maximum atomic E-state index is 13.4. The minimum Gasteiger partial charge on any atom is -0.313 e. The molecule has 2 rings (SSSR count). The maximum absolute atomic E-state index is 13.4. The van der Waals surface area contributed by atoms with E-state index in [0.717, 1.165) is 29.8 Å². The second-order valence-electron chi connectivity index (χ2n) is 5.15. The summed E-state index contributed by atoms with van der Waals surface area (Å²) in [4.78, 5) is 1.27. The third-order valence-electron chi connectivity index (χ3n) is 3.46. The highest BCUT2D eigenvalue weighted by Gasteiger charge is 2.11. The van der Waals surface area contributed by atoms with Crippen molar-refractivity contribution in [2.24, 2.45) is 0 Å². The van der Waals surface area contributed by atoms with Crippen LogP contribution < -0.4 is 5.32 Å². The Hall–Kier alpha value is -1.32. The van der Waals surface area contributed by atoms with Crippen LogP contribution in [-0.2, 0) is 6.42 Å². The van der Waals surface area contributed by atoms with Crippen LogP contribution >= 0.6 is 11.8 Å². The van der Waals surface area contributed by atoms with Gasteiger partial charge in [0.1, 0.15) is 5.82 Å². The van der Waals surface area contributed by atoms with Crippen molar-refractivity contribution in [1.82, 2.24) is 5.32 Å². The summed E-state index contributed by atoms with van der Waals surface area (Å²) < 4.78 is 13.4. The molecule has 112 valence electrons. The monoisotopic (exact) mass is 303 g/mol. The Morgan fingerprint density at radius 1 is 1.14 bits per heavy atom. The van der Waals surface area contributed by atoms with Crippen LogP contribution in [0.5, 0.6) is 0 Å². The quantitative estimate of drug-likeness (QED) is 0.759. The smallest absolute Gasteiger partial charge is 0.123 e. The van der Waals surface area contributed by atoms with Gasteiger partial charge in [-0.2, -0.15) is 0 Å². The number of aryl methyl sites for hydroxylation is 1. The third kappa shape index (κ3) is 5.18. The summed E-state index contributed by atoms with van der Waals surface area (Å²) in [5.41, 5.74) is 2.25. The van der Waals surface area contributed by atoms with Crippen molar-refractivity contribution in [2.45, 2.75) is 31.2 Å². The second-order valence-corrected chi connectivity index (χ2v) is 6.25. The van der Waals surface area contributed by atoms with E-state index in [4.69, 9.17) is 0 Å². The number of halogens is 1. The Morgan fingerprint density at radius 2 is 1.90 bits per heavy atom. The largest absolute Gasteiger partial charge is 0.313 e. The lowest BCUT2D eigenvalue weighted by atomic mass is 10.0. The van der Waals surface area contributed by atoms with Gasteiger partial charge in [0.05, 0.1) is 0 Å². The summed E-state index contributed by atoms with van der Waals surface area (Å²) >= 11 is 1.84. The second kappa shape index (κ2) is 8.20. The first-order chi connectivity index (χ1) is 10.2. The van der Waals surface area contributed by atoms with Crippen molar-refractivity contribution >= 4 is 11.8 Å². The average molecular weight is 303 g/mol. The molecule has 0 saturated carbocycles. The van der Waals surface area contributed by atoms with Crippen molar-refractivity contribution < 1.29 is 4.39 Å². The van der Waals surface area contributed by atoms with E-state index in [9.17, 15) is 4.39 Å². The third-order valence-corrected chi connectivity index (χ3v) is 4.64. The van der Waals surface area contributed by atoms with Gasteiger partial charge in [-0.3, -0.25) is 0 Å². The Balaban J connectivity index is 2.00.